The summed E-state index contributed by atoms with van der Waals surface area (Å²) in [5, 5.41) is 3.36. The number of pyridine rings is 2. The van der Waals surface area contributed by atoms with Crippen molar-refractivity contribution in [3.05, 3.63) is 54.0 Å². The van der Waals surface area contributed by atoms with Crippen LogP contribution in [0.25, 0.3) is 0 Å². The summed E-state index contributed by atoms with van der Waals surface area (Å²) in [6.07, 6.45) is 4.31. The summed E-state index contributed by atoms with van der Waals surface area (Å²) in [5.74, 6) is 1.49. The quantitative estimate of drug-likeness (QED) is 0.936. The van der Waals surface area contributed by atoms with E-state index in [1.165, 1.54) is 25.1 Å². The van der Waals surface area contributed by atoms with Gasteiger partial charge in [-0.3, -0.25) is 4.98 Å². The molecular formula is C17H22N4. The van der Waals surface area contributed by atoms with E-state index < -0.39 is 0 Å². The van der Waals surface area contributed by atoms with Crippen molar-refractivity contribution in [3.8, 4) is 0 Å². The van der Waals surface area contributed by atoms with Crippen LogP contribution in [0.1, 0.15) is 30.1 Å². The molecule has 2 aromatic heterocycles. The van der Waals surface area contributed by atoms with Gasteiger partial charge < -0.3 is 10.2 Å². The maximum atomic E-state index is 4.78. The van der Waals surface area contributed by atoms with Gasteiger partial charge in [0.2, 0.25) is 0 Å². The second-order valence-corrected chi connectivity index (χ2v) is 5.72. The number of aromatic nitrogens is 2. The van der Waals surface area contributed by atoms with E-state index in [2.05, 4.69) is 34.4 Å². The van der Waals surface area contributed by atoms with E-state index in [1.807, 2.05) is 30.5 Å². The van der Waals surface area contributed by atoms with E-state index in [1.54, 1.807) is 0 Å². The van der Waals surface area contributed by atoms with Gasteiger partial charge >= 0.3 is 0 Å². The van der Waals surface area contributed by atoms with Gasteiger partial charge in [0.25, 0.3) is 0 Å². The molecule has 1 aliphatic rings. The Labute approximate surface area is 126 Å². The van der Waals surface area contributed by atoms with Crippen molar-refractivity contribution >= 4 is 5.82 Å². The Morgan fingerprint density at radius 1 is 1.24 bits per heavy atom. The number of nitrogens with zero attached hydrogens (tertiary/aromatic N) is 3. The molecule has 0 aromatic carbocycles. The second kappa shape index (κ2) is 6.68. The fraction of sp³-hybridized carbons (Fsp3) is 0.412. The first-order valence-electron chi connectivity index (χ1n) is 7.60. The molecule has 0 aliphatic carbocycles. The van der Waals surface area contributed by atoms with E-state index in [0.29, 0.717) is 12.5 Å². The lowest BCUT2D eigenvalue weighted by atomic mass is 9.95. The maximum Gasteiger partial charge on any atom is 0.126 e. The number of rotatable bonds is 4. The van der Waals surface area contributed by atoms with Gasteiger partial charge in [-0.15, -0.1) is 0 Å². The molecule has 0 amide bonds. The molecule has 0 spiro atoms. The predicted molar refractivity (Wildman–Crippen MR) is 85.3 cm³/mol. The maximum absolute atomic E-state index is 4.78. The SMILES string of the molecule is CN1CCC[C@H](c2cccc(NCc3ccccn3)n2)C1. The zero-order chi connectivity index (χ0) is 14.5. The normalized spacial score (nSPS) is 19.4. The molecule has 110 valence electrons. The van der Waals surface area contributed by atoms with Gasteiger partial charge in [0.1, 0.15) is 5.82 Å². The Morgan fingerprint density at radius 3 is 3.00 bits per heavy atom. The van der Waals surface area contributed by atoms with Crippen molar-refractivity contribution in [2.24, 2.45) is 0 Å². The van der Waals surface area contributed by atoms with E-state index in [0.717, 1.165) is 18.1 Å². The minimum atomic E-state index is 0.556. The van der Waals surface area contributed by atoms with E-state index >= 15 is 0 Å². The average Bonchev–Trinajstić information content (AvgIpc) is 2.54. The van der Waals surface area contributed by atoms with Gasteiger partial charge in [-0.05, 0) is 50.7 Å². The molecule has 1 aliphatic heterocycles. The van der Waals surface area contributed by atoms with Crippen molar-refractivity contribution in [1.29, 1.82) is 0 Å². The molecule has 0 unspecified atom stereocenters. The molecule has 0 saturated carbocycles. The van der Waals surface area contributed by atoms with Crippen LogP contribution in [0.15, 0.2) is 42.6 Å². The number of anilines is 1. The molecule has 0 radical (unpaired) electrons. The second-order valence-electron chi connectivity index (χ2n) is 5.72. The first-order valence-corrected chi connectivity index (χ1v) is 7.60. The van der Waals surface area contributed by atoms with E-state index in [-0.39, 0.29) is 0 Å². The van der Waals surface area contributed by atoms with Crippen LogP contribution in [0, 0.1) is 0 Å². The first-order chi connectivity index (χ1) is 10.3. The fourth-order valence-electron chi connectivity index (χ4n) is 2.87. The third-order valence-electron chi connectivity index (χ3n) is 3.99. The highest BCUT2D eigenvalue weighted by Crippen LogP contribution is 2.25. The minimum Gasteiger partial charge on any atom is -0.364 e. The molecule has 4 nitrogen and oxygen atoms in total. The topological polar surface area (TPSA) is 41.0 Å². The summed E-state index contributed by atoms with van der Waals surface area (Å²) >= 11 is 0. The third kappa shape index (κ3) is 3.79. The van der Waals surface area contributed by atoms with Crippen LogP contribution in [0.3, 0.4) is 0 Å². The largest absolute Gasteiger partial charge is 0.364 e. The molecular weight excluding hydrogens is 260 g/mol. The van der Waals surface area contributed by atoms with E-state index in [4.69, 9.17) is 4.98 Å². The zero-order valence-electron chi connectivity index (χ0n) is 12.5. The van der Waals surface area contributed by atoms with Gasteiger partial charge in [-0.1, -0.05) is 12.1 Å². The number of likely N-dealkylation sites (tertiary alicyclic amines) is 1. The molecule has 1 fully saturated rings. The van der Waals surface area contributed by atoms with Crippen molar-refractivity contribution in [1.82, 2.24) is 14.9 Å². The van der Waals surface area contributed by atoms with Gasteiger partial charge in [0, 0.05) is 24.4 Å². The monoisotopic (exact) mass is 282 g/mol. The standard InChI is InChI=1S/C17H22N4/c1-21-11-5-6-14(13-21)16-8-4-9-17(20-16)19-12-15-7-2-3-10-18-15/h2-4,7-10,14H,5-6,11-13H2,1H3,(H,19,20)/t14-/m0/s1. The molecule has 1 N–H and O–H groups in total. The van der Waals surface area contributed by atoms with Crippen LogP contribution in [0.5, 0.6) is 0 Å². The molecule has 1 atom stereocenters. The molecule has 3 heterocycles. The Balaban J connectivity index is 1.65. The lowest BCUT2D eigenvalue weighted by molar-refractivity contribution is 0.248. The zero-order valence-corrected chi connectivity index (χ0v) is 12.5. The molecule has 4 heteroatoms. The van der Waals surface area contributed by atoms with Gasteiger partial charge in [-0.2, -0.15) is 0 Å². The molecule has 3 rings (SSSR count). The average molecular weight is 282 g/mol. The van der Waals surface area contributed by atoms with E-state index in [9.17, 15) is 0 Å². The van der Waals surface area contributed by atoms with Crippen LogP contribution in [-0.2, 0) is 6.54 Å². The summed E-state index contributed by atoms with van der Waals surface area (Å²) in [6.45, 7) is 3.02. The smallest absolute Gasteiger partial charge is 0.126 e. The summed E-state index contributed by atoms with van der Waals surface area (Å²) in [5.41, 5.74) is 2.23. The Bertz CT molecular complexity index is 570. The van der Waals surface area contributed by atoms with Crippen molar-refractivity contribution in [3.63, 3.8) is 0 Å². The Kier molecular flexibility index (Phi) is 4.46. The summed E-state index contributed by atoms with van der Waals surface area (Å²) in [6, 6.07) is 12.2. The van der Waals surface area contributed by atoms with Gasteiger partial charge in [0.15, 0.2) is 0 Å². The highest BCUT2D eigenvalue weighted by atomic mass is 15.1. The highest BCUT2D eigenvalue weighted by molar-refractivity contribution is 5.36. The molecule has 21 heavy (non-hydrogen) atoms. The lowest BCUT2D eigenvalue weighted by Gasteiger charge is -2.29. The minimum absolute atomic E-state index is 0.556. The number of piperidine rings is 1. The molecule has 0 bridgehead atoms. The lowest BCUT2D eigenvalue weighted by Crippen LogP contribution is -2.31. The molecule has 1 saturated heterocycles. The summed E-state index contributed by atoms with van der Waals surface area (Å²) < 4.78 is 0. The van der Waals surface area contributed by atoms with Crippen molar-refractivity contribution in [2.75, 3.05) is 25.5 Å². The number of likely N-dealkylation sites (N-methyl/N-ethyl adjacent to an activating group) is 1. The van der Waals surface area contributed by atoms with Crippen LogP contribution < -0.4 is 5.32 Å². The third-order valence-corrected chi connectivity index (χ3v) is 3.99. The van der Waals surface area contributed by atoms with Crippen LogP contribution >= 0.6 is 0 Å². The molecule has 2 aromatic rings. The number of nitrogens with one attached hydrogen (secondary N) is 1. The summed E-state index contributed by atoms with van der Waals surface area (Å²) in [4.78, 5) is 11.5. The Morgan fingerprint density at radius 2 is 2.19 bits per heavy atom. The predicted octanol–water partition coefficient (Wildman–Crippen LogP) is 2.90. The summed E-state index contributed by atoms with van der Waals surface area (Å²) in [7, 11) is 2.19. The Hall–Kier alpha value is -1.94. The van der Waals surface area contributed by atoms with Crippen LogP contribution in [0.2, 0.25) is 0 Å². The van der Waals surface area contributed by atoms with Crippen LogP contribution in [0.4, 0.5) is 5.82 Å². The highest BCUT2D eigenvalue weighted by Gasteiger charge is 2.20. The fourth-order valence-corrected chi connectivity index (χ4v) is 2.87. The number of hydrogen-bond donors (Lipinski definition) is 1. The first kappa shape index (κ1) is 14.0. The van der Waals surface area contributed by atoms with Crippen molar-refractivity contribution < 1.29 is 0 Å². The van der Waals surface area contributed by atoms with Crippen LogP contribution in [-0.4, -0.2) is 35.0 Å². The van der Waals surface area contributed by atoms with Gasteiger partial charge in [-0.25, -0.2) is 4.98 Å². The van der Waals surface area contributed by atoms with Gasteiger partial charge in [0.05, 0.1) is 12.2 Å². The number of hydrogen-bond acceptors (Lipinski definition) is 4. The van der Waals surface area contributed by atoms with Crippen molar-refractivity contribution in [2.45, 2.75) is 25.3 Å².